The van der Waals surface area contributed by atoms with E-state index in [-0.39, 0.29) is 0 Å². The van der Waals surface area contributed by atoms with Gasteiger partial charge in [-0.05, 0) is 26.6 Å². The zero-order valence-corrected chi connectivity index (χ0v) is 10.2. The van der Waals surface area contributed by atoms with E-state index < -0.39 is 13.9 Å². The topological polar surface area (TPSA) is 42.2 Å². The van der Waals surface area contributed by atoms with Gasteiger partial charge < -0.3 is 9.16 Å². The quantitative estimate of drug-likeness (QED) is 0.640. The summed E-state index contributed by atoms with van der Waals surface area (Å²) in [5, 5.41) is 8.97. The molecule has 0 spiro atoms. The molecule has 0 saturated carbocycles. The van der Waals surface area contributed by atoms with E-state index in [0.717, 1.165) is 0 Å². The maximum Gasteiger partial charge on any atom is 0.185 e. The Balaban J connectivity index is 4.22. The van der Waals surface area contributed by atoms with Crippen LogP contribution in [0, 0.1) is 11.3 Å². The van der Waals surface area contributed by atoms with Crippen LogP contribution in [0.2, 0.25) is 19.6 Å². The van der Waals surface area contributed by atoms with E-state index in [1.807, 2.05) is 6.92 Å². The van der Waals surface area contributed by atoms with Crippen molar-refractivity contribution in [2.24, 2.45) is 0 Å². The van der Waals surface area contributed by atoms with Gasteiger partial charge in [0, 0.05) is 20.1 Å². The van der Waals surface area contributed by atoms with E-state index in [9.17, 15) is 0 Å². The summed E-state index contributed by atoms with van der Waals surface area (Å²) in [5.41, 5.74) is -0.680. The Kier molecular flexibility index (Phi) is 4.61. The summed E-state index contributed by atoms with van der Waals surface area (Å²) >= 11 is 0. The summed E-state index contributed by atoms with van der Waals surface area (Å²) in [5.74, 6) is 0. The van der Waals surface area contributed by atoms with Crippen molar-refractivity contribution in [3.63, 3.8) is 0 Å². The second-order valence-electron chi connectivity index (χ2n) is 4.30. The monoisotopic (exact) mass is 201 g/mol. The minimum absolute atomic E-state index is 0.564. The molecule has 76 valence electrons. The molecule has 0 bridgehead atoms. The average Bonchev–Trinajstić information content (AvgIpc) is 1.98. The molecule has 0 N–H and O–H groups in total. The maximum atomic E-state index is 8.97. The van der Waals surface area contributed by atoms with Crippen LogP contribution in [-0.4, -0.2) is 27.6 Å². The molecule has 3 nitrogen and oxygen atoms in total. The first kappa shape index (κ1) is 12.6. The second kappa shape index (κ2) is 4.75. The SMILES string of the molecule is COCCC(C)(C#N)O[Si](C)(C)C. The van der Waals surface area contributed by atoms with Gasteiger partial charge in [0.25, 0.3) is 0 Å². The van der Waals surface area contributed by atoms with E-state index in [2.05, 4.69) is 25.7 Å². The molecular formula is C9H19NO2Si. The van der Waals surface area contributed by atoms with Crippen molar-refractivity contribution in [2.45, 2.75) is 38.6 Å². The lowest BCUT2D eigenvalue weighted by Gasteiger charge is -2.30. The van der Waals surface area contributed by atoms with Crippen LogP contribution in [0.25, 0.3) is 0 Å². The van der Waals surface area contributed by atoms with Crippen molar-refractivity contribution >= 4 is 8.32 Å². The van der Waals surface area contributed by atoms with Crippen LogP contribution < -0.4 is 0 Å². The molecule has 0 fully saturated rings. The van der Waals surface area contributed by atoms with Crippen LogP contribution in [0.15, 0.2) is 0 Å². The molecule has 0 amide bonds. The summed E-state index contributed by atoms with van der Waals surface area (Å²) < 4.78 is 10.7. The lowest BCUT2D eigenvalue weighted by atomic mass is 10.1. The van der Waals surface area contributed by atoms with Gasteiger partial charge in [0.2, 0.25) is 0 Å². The Bertz CT molecular complexity index is 195. The summed E-state index contributed by atoms with van der Waals surface area (Å²) in [7, 11) is -0.0104. The molecule has 0 heterocycles. The third-order valence-corrected chi connectivity index (χ3v) is 2.61. The van der Waals surface area contributed by atoms with Gasteiger partial charge in [-0.25, -0.2) is 0 Å². The van der Waals surface area contributed by atoms with Crippen molar-refractivity contribution in [1.82, 2.24) is 0 Å². The minimum atomic E-state index is -1.64. The number of rotatable bonds is 5. The fourth-order valence-electron chi connectivity index (χ4n) is 1.10. The fraction of sp³-hybridized carbons (Fsp3) is 0.889. The molecular weight excluding hydrogens is 182 g/mol. The van der Waals surface area contributed by atoms with Crippen LogP contribution in [0.3, 0.4) is 0 Å². The largest absolute Gasteiger partial charge is 0.400 e. The highest BCUT2D eigenvalue weighted by molar-refractivity contribution is 6.69. The van der Waals surface area contributed by atoms with E-state index in [0.29, 0.717) is 13.0 Å². The highest BCUT2D eigenvalue weighted by atomic mass is 28.4. The summed E-state index contributed by atoms with van der Waals surface area (Å²) in [6, 6.07) is 2.20. The summed E-state index contributed by atoms with van der Waals surface area (Å²) in [6.07, 6.45) is 0.629. The fourth-order valence-corrected chi connectivity index (χ4v) is 2.60. The van der Waals surface area contributed by atoms with Gasteiger partial charge in [-0.1, -0.05) is 0 Å². The summed E-state index contributed by atoms with van der Waals surface area (Å²) in [4.78, 5) is 0. The third-order valence-electron chi connectivity index (χ3n) is 1.55. The van der Waals surface area contributed by atoms with Crippen LogP contribution in [0.1, 0.15) is 13.3 Å². The van der Waals surface area contributed by atoms with Gasteiger partial charge in [0.05, 0.1) is 6.07 Å². The van der Waals surface area contributed by atoms with Gasteiger partial charge in [0.15, 0.2) is 8.32 Å². The zero-order valence-electron chi connectivity index (χ0n) is 9.18. The number of ether oxygens (including phenoxy) is 1. The molecule has 0 saturated heterocycles. The standard InChI is InChI=1S/C9H19NO2Si/c1-9(8-10,6-7-11-2)12-13(3,4)5/h6-7H2,1-5H3. The van der Waals surface area contributed by atoms with Crippen molar-refractivity contribution in [3.8, 4) is 6.07 Å². The van der Waals surface area contributed by atoms with Crippen molar-refractivity contribution < 1.29 is 9.16 Å². The van der Waals surface area contributed by atoms with Crippen molar-refractivity contribution in [2.75, 3.05) is 13.7 Å². The Morgan fingerprint density at radius 1 is 1.38 bits per heavy atom. The predicted molar refractivity (Wildman–Crippen MR) is 54.9 cm³/mol. The number of methoxy groups -OCH3 is 1. The van der Waals surface area contributed by atoms with Gasteiger partial charge in [-0.3, -0.25) is 0 Å². The smallest absolute Gasteiger partial charge is 0.185 e. The Hall–Kier alpha value is -0.373. The number of hydrogen-bond donors (Lipinski definition) is 0. The molecule has 1 unspecified atom stereocenters. The van der Waals surface area contributed by atoms with E-state index in [4.69, 9.17) is 14.4 Å². The predicted octanol–water partition coefficient (Wildman–Crippen LogP) is 2.16. The molecule has 0 aliphatic heterocycles. The first-order valence-corrected chi connectivity index (χ1v) is 7.84. The molecule has 0 aliphatic rings. The summed E-state index contributed by atoms with van der Waals surface area (Å²) in [6.45, 7) is 8.62. The second-order valence-corrected chi connectivity index (χ2v) is 8.73. The van der Waals surface area contributed by atoms with E-state index >= 15 is 0 Å². The third kappa shape index (κ3) is 5.80. The number of nitriles is 1. The van der Waals surface area contributed by atoms with Crippen LogP contribution in [0.5, 0.6) is 0 Å². The zero-order chi connectivity index (χ0) is 10.5. The first-order valence-electron chi connectivity index (χ1n) is 4.43. The van der Waals surface area contributed by atoms with Crippen LogP contribution >= 0.6 is 0 Å². The van der Waals surface area contributed by atoms with E-state index in [1.54, 1.807) is 7.11 Å². The lowest BCUT2D eigenvalue weighted by molar-refractivity contribution is 0.0855. The molecule has 0 aromatic rings. The van der Waals surface area contributed by atoms with Crippen molar-refractivity contribution in [3.05, 3.63) is 0 Å². The molecule has 0 aromatic carbocycles. The van der Waals surface area contributed by atoms with Gasteiger partial charge in [0.1, 0.15) is 5.60 Å². The van der Waals surface area contributed by atoms with Crippen LogP contribution in [0.4, 0.5) is 0 Å². The minimum Gasteiger partial charge on any atom is -0.400 e. The Morgan fingerprint density at radius 2 is 1.92 bits per heavy atom. The molecule has 0 rings (SSSR count). The normalized spacial score (nSPS) is 16.3. The molecule has 0 aliphatic carbocycles. The van der Waals surface area contributed by atoms with Gasteiger partial charge in [-0.2, -0.15) is 5.26 Å². The Labute approximate surface area is 81.8 Å². The molecule has 13 heavy (non-hydrogen) atoms. The Morgan fingerprint density at radius 3 is 2.23 bits per heavy atom. The lowest BCUT2D eigenvalue weighted by Crippen LogP contribution is -2.40. The average molecular weight is 201 g/mol. The molecule has 1 atom stereocenters. The number of hydrogen-bond acceptors (Lipinski definition) is 3. The van der Waals surface area contributed by atoms with Crippen molar-refractivity contribution in [1.29, 1.82) is 5.26 Å². The molecule has 0 radical (unpaired) electrons. The first-order chi connectivity index (χ1) is 5.83. The highest BCUT2D eigenvalue weighted by Crippen LogP contribution is 2.20. The molecule has 4 heteroatoms. The highest BCUT2D eigenvalue weighted by Gasteiger charge is 2.31. The van der Waals surface area contributed by atoms with E-state index in [1.165, 1.54) is 0 Å². The van der Waals surface area contributed by atoms with Gasteiger partial charge in [-0.15, -0.1) is 0 Å². The number of nitrogens with zero attached hydrogens (tertiary/aromatic N) is 1. The molecule has 0 aromatic heterocycles. The maximum absolute atomic E-state index is 8.97. The van der Waals surface area contributed by atoms with Gasteiger partial charge >= 0.3 is 0 Å². The van der Waals surface area contributed by atoms with Crippen LogP contribution in [-0.2, 0) is 9.16 Å².